The number of rotatable bonds is 7. The van der Waals surface area contributed by atoms with Crippen molar-refractivity contribution in [3.05, 3.63) is 18.0 Å². The summed E-state index contributed by atoms with van der Waals surface area (Å²) >= 11 is 0. The van der Waals surface area contributed by atoms with Gasteiger partial charge in [0.2, 0.25) is 5.91 Å². The second-order valence-corrected chi connectivity index (χ2v) is 4.26. The van der Waals surface area contributed by atoms with Crippen molar-refractivity contribution >= 4 is 11.9 Å². The van der Waals surface area contributed by atoms with Crippen LogP contribution in [-0.2, 0) is 20.9 Å². The number of methoxy groups -OCH3 is 1. The number of esters is 1. The molecule has 1 aromatic rings. The number of hydrogen-bond acceptors (Lipinski definition) is 5. The number of carbonyl (C=O) groups is 2. The summed E-state index contributed by atoms with van der Waals surface area (Å²) in [7, 11) is 1.30. The van der Waals surface area contributed by atoms with Gasteiger partial charge in [0, 0.05) is 26.2 Å². The second-order valence-electron chi connectivity index (χ2n) is 4.26. The molecule has 2 N–H and O–H groups in total. The van der Waals surface area contributed by atoms with Gasteiger partial charge < -0.3 is 15.4 Å². The highest BCUT2D eigenvalue weighted by atomic mass is 16.5. The van der Waals surface area contributed by atoms with Gasteiger partial charge in [-0.05, 0) is 12.5 Å². The third-order valence-electron chi connectivity index (χ3n) is 2.49. The lowest BCUT2D eigenvalue weighted by Crippen LogP contribution is -2.47. The molecular weight excluding hydrogens is 248 g/mol. The highest BCUT2D eigenvalue weighted by Crippen LogP contribution is 1.93. The lowest BCUT2D eigenvalue weighted by Gasteiger charge is -2.16. The Hall–Kier alpha value is -1.89. The molecule has 0 spiro atoms. The summed E-state index contributed by atoms with van der Waals surface area (Å²) in [6.07, 6.45) is 3.72. The zero-order chi connectivity index (χ0) is 14.3. The summed E-state index contributed by atoms with van der Waals surface area (Å²) in [5.41, 5.74) is 1.10. The molecule has 0 saturated heterocycles. The van der Waals surface area contributed by atoms with Crippen molar-refractivity contribution < 1.29 is 14.3 Å². The van der Waals surface area contributed by atoms with Crippen LogP contribution in [0.3, 0.4) is 0 Å². The molecule has 1 amide bonds. The Bertz CT molecular complexity index is 430. The molecule has 0 aliphatic carbocycles. The SMILES string of the molecule is COC(=O)C(CNCCn1cc(C)cn1)NC(C)=O. The number of carbonyl (C=O) groups excluding carboxylic acids is 2. The van der Waals surface area contributed by atoms with E-state index < -0.39 is 12.0 Å². The quantitative estimate of drug-likeness (QED) is 0.512. The van der Waals surface area contributed by atoms with Gasteiger partial charge in [0.05, 0.1) is 19.9 Å². The Morgan fingerprint density at radius 1 is 1.53 bits per heavy atom. The van der Waals surface area contributed by atoms with Crippen LogP contribution in [-0.4, -0.2) is 47.9 Å². The van der Waals surface area contributed by atoms with Gasteiger partial charge in [-0.2, -0.15) is 5.10 Å². The van der Waals surface area contributed by atoms with E-state index in [2.05, 4.69) is 20.5 Å². The molecule has 0 fully saturated rings. The Balaban J connectivity index is 2.31. The molecule has 1 rings (SSSR count). The third-order valence-corrected chi connectivity index (χ3v) is 2.49. The highest BCUT2D eigenvalue weighted by molar-refractivity contribution is 5.83. The van der Waals surface area contributed by atoms with E-state index in [0.29, 0.717) is 19.6 Å². The van der Waals surface area contributed by atoms with E-state index in [-0.39, 0.29) is 5.91 Å². The number of ether oxygens (including phenoxy) is 1. The molecule has 1 aromatic heterocycles. The predicted octanol–water partition coefficient (Wildman–Crippen LogP) is -0.541. The van der Waals surface area contributed by atoms with Crippen molar-refractivity contribution in [2.24, 2.45) is 0 Å². The van der Waals surface area contributed by atoms with E-state index in [1.807, 2.05) is 17.8 Å². The van der Waals surface area contributed by atoms with E-state index >= 15 is 0 Å². The number of nitrogens with zero attached hydrogens (tertiary/aromatic N) is 2. The molecule has 0 aliphatic rings. The van der Waals surface area contributed by atoms with Crippen LogP contribution in [0, 0.1) is 6.92 Å². The molecule has 0 bridgehead atoms. The van der Waals surface area contributed by atoms with Crippen LogP contribution in [0.15, 0.2) is 12.4 Å². The van der Waals surface area contributed by atoms with Gasteiger partial charge in [-0.3, -0.25) is 9.48 Å². The van der Waals surface area contributed by atoms with Crippen molar-refractivity contribution in [3.8, 4) is 0 Å². The van der Waals surface area contributed by atoms with Gasteiger partial charge in [-0.1, -0.05) is 0 Å². The third kappa shape index (κ3) is 5.52. The first-order chi connectivity index (χ1) is 9.02. The Morgan fingerprint density at radius 2 is 2.26 bits per heavy atom. The van der Waals surface area contributed by atoms with Crippen molar-refractivity contribution in [1.82, 2.24) is 20.4 Å². The maximum absolute atomic E-state index is 11.4. The number of aromatic nitrogens is 2. The number of aryl methyl sites for hydroxylation is 1. The maximum Gasteiger partial charge on any atom is 0.329 e. The Labute approximate surface area is 112 Å². The highest BCUT2D eigenvalue weighted by Gasteiger charge is 2.19. The van der Waals surface area contributed by atoms with Crippen molar-refractivity contribution in [3.63, 3.8) is 0 Å². The summed E-state index contributed by atoms with van der Waals surface area (Å²) in [6.45, 7) is 5.01. The van der Waals surface area contributed by atoms with E-state index in [0.717, 1.165) is 5.56 Å². The van der Waals surface area contributed by atoms with Crippen molar-refractivity contribution in [2.45, 2.75) is 26.4 Å². The van der Waals surface area contributed by atoms with Gasteiger partial charge in [-0.25, -0.2) is 4.79 Å². The van der Waals surface area contributed by atoms with Gasteiger partial charge in [0.25, 0.3) is 0 Å². The lowest BCUT2D eigenvalue weighted by atomic mass is 10.3. The molecule has 1 atom stereocenters. The van der Waals surface area contributed by atoms with E-state index in [1.165, 1.54) is 14.0 Å². The van der Waals surface area contributed by atoms with E-state index in [9.17, 15) is 9.59 Å². The van der Waals surface area contributed by atoms with Gasteiger partial charge >= 0.3 is 5.97 Å². The minimum atomic E-state index is -0.665. The summed E-state index contributed by atoms with van der Waals surface area (Å²) in [5.74, 6) is -0.725. The standard InChI is InChI=1S/C12H20N4O3/c1-9-6-14-16(8-9)5-4-13-7-11(12(18)19-3)15-10(2)17/h6,8,11,13H,4-5,7H2,1-3H3,(H,15,17). The van der Waals surface area contributed by atoms with Crippen LogP contribution in [0.2, 0.25) is 0 Å². The fourth-order valence-corrected chi connectivity index (χ4v) is 1.61. The van der Waals surface area contributed by atoms with Gasteiger partial charge in [0.1, 0.15) is 6.04 Å². The molecule has 0 radical (unpaired) electrons. The molecule has 7 heteroatoms. The topological polar surface area (TPSA) is 85.2 Å². The molecule has 0 aromatic carbocycles. The average molecular weight is 268 g/mol. The van der Waals surface area contributed by atoms with Crippen LogP contribution < -0.4 is 10.6 Å². The van der Waals surface area contributed by atoms with Crippen LogP contribution in [0.1, 0.15) is 12.5 Å². The van der Waals surface area contributed by atoms with Crippen molar-refractivity contribution in [1.29, 1.82) is 0 Å². The van der Waals surface area contributed by atoms with Crippen molar-refractivity contribution in [2.75, 3.05) is 20.2 Å². The fraction of sp³-hybridized carbons (Fsp3) is 0.583. The van der Waals surface area contributed by atoms with Gasteiger partial charge in [-0.15, -0.1) is 0 Å². The molecule has 1 unspecified atom stereocenters. The molecule has 0 saturated carbocycles. The van der Waals surface area contributed by atoms with Crippen LogP contribution in [0.5, 0.6) is 0 Å². The predicted molar refractivity (Wildman–Crippen MR) is 69.5 cm³/mol. The van der Waals surface area contributed by atoms with Crippen LogP contribution in [0.4, 0.5) is 0 Å². The maximum atomic E-state index is 11.4. The molecule has 106 valence electrons. The largest absolute Gasteiger partial charge is 0.467 e. The van der Waals surface area contributed by atoms with E-state index in [1.54, 1.807) is 6.20 Å². The lowest BCUT2D eigenvalue weighted by molar-refractivity contribution is -0.144. The number of hydrogen-bond donors (Lipinski definition) is 2. The Morgan fingerprint density at radius 3 is 2.79 bits per heavy atom. The smallest absolute Gasteiger partial charge is 0.329 e. The van der Waals surface area contributed by atoms with Crippen LogP contribution in [0.25, 0.3) is 0 Å². The summed E-state index contributed by atoms with van der Waals surface area (Å²) in [5, 5.41) is 9.77. The van der Waals surface area contributed by atoms with Crippen LogP contribution >= 0.6 is 0 Å². The molecule has 0 aliphatic heterocycles. The first-order valence-electron chi connectivity index (χ1n) is 6.07. The van der Waals surface area contributed by atoms with Gasteiger partial charge in [0.15, 0.2) is 0 Å². The first-order valence-corrected chi connectivity index (χ1v) is 6.07. The first kappa shape index (κ1) is 15.2. The monoisotopic (exact) mass is 268 g/mol. The molecule has 7 nitrogen and oxygen atoms in total. The average Bonchev–Trinajstić information content (AvgIpc) is 2.77. The number of nitrogens with one attached hydrogen (secondary N) is 2. The van der Waals surface area contributed by atoms with E-state index in [4.69, 9.17) is 0 Å². The zero-order valence-corrected chi connectivity index (χ0v) is 11.5. The zero-order valence-electron chi connectivity index (χ0n) is 11.5. The minimum absolute atomic E-state index is 0.264. The molecule has 1 heterocycles. The minimum Gasteiger partial charge on any atom is -0.467 e. The Kier molecular flexibility index (Phi) is 6.01. The summed E-state index contributed by atoms with van der Waals surface area (Å²) in [4.78, 5) is 22.4. The summed E-state index contributed by atoms with van der Waals surface area (Å²) in [6, 6.07) is -0.665. The molecular formula is C12H20N4O3. The second kappa shape index (κ2) is 7.52. The summed E-state index contributed by atoms with van der Waals surface area (Å²) < 4.78 is 6.43. The number of amides is 1. The molecule has 19 heavy (non-hydrogen) atoms. The normalized spacial score (nSPS) is 11.9. The fourth-order valence-electron chi connectivity index (χ4n) is 1.61.